The van der Waals surface area contributed by atoms with Crippen molar-refractivity contribution in [1.29, 1.82) is 0 Å². The Kier molecular flexibility index (Phi) is 5.97. The van der Waals surface area contributed by atoms with Crippen LogP contribution in [0, 0.1) is 26.6 Å². The van der Waals surface area contributed by atoms with Gasteiger partial charge in [0.2, 0.25) is 11.8 Å². The Labute approximate surface area is 165 Å². The lowest BCUT2D eigenvalue weighted by atomic mass is 10.0. The second-order valence-corrected chi connectivity index (χ2v) is 7.34. The summed E-state index contributed by atoms with van der Waals surface area (Å²) < 4.78 is 13.1. The lowest BCUT2D eigenvalue weighted by Crippen LogP contribution is -2.49. The van der Waals surface area contributed by atoms with Crippen LogP contribution in [0.3, 0.4) is 0 Å². The smallest absolute Gasteiger partial charge is 0.233 e. The molecule has 2 aromatic carbocycles. The summed E-state index contributed by atoms with van der Waals surface area (Å²) in [6.45, 7) is 8.33. The zero-order valence-electron chi connectivity index (χ0n) is 16.6. The van der Waals surface area contributed by atoms with Gasteiger partial charge >= 0.3 is 0 Å². The summed E-state index contributed by atoms with van der Waals surface area (Å²) in [5.74, 6) is -0.720. The Morgan fingerprint density at radius 1 is 0.964 bits per heavy atom. The summed E-state index contributed by atoms with van der Waals surface area (Å²) >= 11 is 0. The molecule has 0 unspecified atom stereocenters. The van der Waals surface area contributed by atoms with Crippen LogP contribution in [0.25, 0.3) is 0 Å². The molecule has 148 valence electrons. The van der Waals surface area contributed by atoms with E-state index in [0.717, 1.165) is 28.1 Å². The van der Waals surface area contributed by atoms with Crippen molar-refractivity contribution in [2.45, 2.75) is 27.2 Å². The van der Waals surface area contributed by atoms with E-state index < -0.39 is 0 Å². The zero-order valence-corrected chi connectivity index (χ0v) is 16.6. The Morgan fingerprint density at radius 3 is 2.11 bits per heavy atom. The molecule has 1 saturated heterocycles. The molecule has 0 radical (unpaired) electrons. The van der Waals surface area contributed by atoms with Crippen molar-refractivity contribution in [2.75, 3.05) is 36.4 Å². The number of anilines is 2. The summed E-state index contributed by atoms with van der Waals surface area (Å²) in [7, 11) is 0. The Bertz CT molecular complexity index is 849. The van der Waals surface area contributed by atoms with E-state index in [1.165, 1.54) is 12.1 Å². The van der Waals surface area contributed by atoms with Gasteiger partial charge in [-0.1, -0.05) is 17.7 Å². The normalized spacial score (nSPS) is 14.1. The standard InChI is InChI=1S/C22H26FN3O2/c1-15-12-16(2)22(17(3)13-15)24-20(27)14-21(28)26-10-8-25(9-11-26)19-6-4-18(23)5-7-19/h4-7,12-13H,8-11,14H2,1-3H3,(H,24,27). The van der Waals surface area contributed by atoms with Gasteiger partial charge in [0.15, 0.2) is 0 Å². The molecular formula is C22H26FN3O2. The predicted molar refractivity (Wildman–Crippen MR) is 109 cm³/mol. The largest absolute Gasteiger partial charge is 0.368 e. The number of amides is 2. The number of carbonyl (C=O) groups is 2. The van der Waals surface area contributed by atoms with Gasteiger partial charge in [0.05, 0.1) is 0 Å². The maximum absolute atomic E-state index is 13.1. The van der Waals surface area contributed by atoms with E-state index in [1.807, 2.05) is 32.9 Å². The minimum atomic E-state index is -0.291. The third kappa shape index (κ3) is 4.68. The van der Waals surface area contributed by atoms with Crippen molar-refractivity contribution in [2.24, 2.45) is 0 Å². The topological polar surface area (TPSA) is 52.7 Å². The van der Waals surface area contributed by atoms with Crippen molar-refractivity contribution in [3.63, 3.8) is 0 Å². The number of halogens is 1. The average molecular weight is 383 g/mol. The number of benzene rings is 2. The minimum absolute atomic E-state index is 0.163. The van der Waals surface area contributed by atoms with Gasteiger partial charge in [0.25, 0.3) is 0 Å². The molecule has 1 aliphatic rings. The quantitative estimate of drug-likeness (QED) is 0.823. The first-order valence-corrected chi connectivity index (χ1v) is 9.49. The second kappa shape index (κ2) is 8.42. The van der Waals surface area contributed by atoms with Gasteiger partial charge in [0.1, 0.15) is 12.2 Å². The molecule has 1 N–H and O–H groups in total. The van der Waals surface area contributed by atoms with Crippen LogP contribution in [0.15, 0.2) is 36.4 Å². The highest BCUT2D eigenvalue weighted by atomic mass is 19.1. The molecule has 0 aliphatic carbocycles. The van der Waals surface area contributed by atoms with Gasteiger partial charge in [-0.25, -0.2) is 4.39 Å². The Balaban J connectivity index is 1.53. The molecule has 1 aliphatic heterocycles. The number of hydrogen-bond donors (Lipinski definition) is 1. The molecule has 0 spiro atoms. The van der Waals surface area contributed by atoms with E-state index in [-0.39, 0.29) is 24.1 Å². The SMILES string of the molecule is Cc1cc(C)c(NC(=O)CC(=O)N2CCN(c3ccc(F)cc3)CC2)c(C)c1. The van der Waals surface area contributed by atoms with Gasteiger partial charge in [-0.15, -0.1) is 0 Å². The molecule has 2 amide bonds. The lowest BCUT2D eigenvalue weighted by molar-refractivity contribution is -0.134. The van der Waals surface area contributed by atoms with Gasteiger partial charge < -0.3 is 15.1 Å². The van der Waals surface area contributed by atoms with Gasteiger partial charge in [-0.2, -0.15) is 0 Å². The van der Waals surface area contributed by atoms with Gasteiger partial charge in [-0.3, -0.25) is 9.59 Å². The van der Waals surface area contributed by atoms with Crippen LogP contribution in [0.5, 0.6) is 0 Å². The zero-order chi connectivity index (χ0) is 20.3. The van der Waals surface area contributed by atoms with Crippen LogP contribution in [-0.4, -0.2) is 42.9 Å². The summed E-state index contributed by atoms with van der Waals surface area (Å²) in [5, 5.41) is 2.88. The number of hydrogen-bond acceptors (Lipinski definition) is 3. The highest BCUT2D eigenvalue weighted by molar-refractivity contribution is 6.04. The molecule has 1 fully saturated rings. The third-order valence-electron chi connectivity index (χ3n) is 5.08. The van der Waals surface area contributed by atoms with Crippen LogP contribution in [-0.2, 0) is 9.59 Å². The van der Waals surface area contributed by atoms with Crippen molar-refractivity contribution >= 4 is 23.2 Å². The summed E-state index contributed by atoms with van der Waals surface area (Å²) in [4.78, 5) is 28.7. The molecule has 2 aromatic rings. The lowest BCUT2D eigenvalue weighted by Gasteiger charge is -2.36. The van der Waals surface area contributed by atoms with E-state index in [0.29, 0.717) is 26.2 Å². The fourth-order valence-corrected chi connectivity index (χ4v) is 3.68. The maximum atomic E-state index is 13.1. The van der Waals surface area contributed by atoms with E-state index in [2.05, 4.69) is 10.2 Å². The predicted octanol–water partition coefficient (Wildman–Crippen LogP) is 3.43. The van der Waals surface area contributed by atoms with Crippen molar-refractivity contribution in [1.82, 2.24) is 4.90 Å². The summed E-state index contributed by atoms with van der Waals surface area (Å²) in [5.41, 5.74) is 4.85. The highest BCUT2D eigenvalue weighted by Crippen LogP contribution is 2.22. The molecular weight excluding hydrogens is 357 g/mol. The van der Waals surface area contributed by atoms with Crippen molar-refractivity contribution < 1.29 is 14.0 Å². The van der Waals surface area contributed by atoms with Crippen LogP contribution < -0.4 is 10.2 Å². The molecule has 5 nitrogen and oxygen atoms in total. The minimum Gasteiger partial charge on any atom is -0.368 e. The third-order valence-corrected chi connectivity index (χ3v) is 5.08. The molecule has 3 rings (SSSR count). The first-order valence-electron chi connectivity index (χ1n) is 9.49. The first kappa shape index (κ1) is 19.9. The maximum Gasteiger partial charge on any atom is 0.233 e. The van der Waals surface area contributed by atoms with Gasteiger partial charge in [-0.05, 0) is 56.2 Å². The van der Waals surface area contributed by atoms with E-state index in [4.69, 9.17) is 0 Å². The van der Waals surface area contributed by atoms with Crippen LogP contribution in [0.2, 0.25) is 0 Å². The van der Waals surface area contributed by atoms with Crippen LogP contribution >= 0.6 is 0 Å². The number of piperazine rings is 1. The second-order valence-electron chi connectivity index (χ2n) is 7.34. The Morgan fingerprint density at radius 2 is 1.54 bits per heavy atom. The van der Waals surface area contributed by atoms with E-state index in [9.17, 15) is 14.0 Å². The first-order chi connectivity index (χ1) is 13.3. The van der Waals surface area contributed by atoms with E-state index in [1.54, 1.807) is 17.0 Å². The fourth-order valence-electron chi connectivity index (χ4n) is 3.68. The van der Waals surface area contributed by atoms with Crippen molar-refractivity contribution in [3.05, 3.63) is 58.9 Å². The molecule has 0 saturated carbocycles. The molecule has 6 heteroatoms. The van der Waals surface area contributed by atoms with Gasteiger partial charge in [0, 0.05) is 37.6 Å². The molecule has 1 heterocycles. The number of nitrogens with one attached hydrogen (secondary N) is 1. The number of nitrogens with zero attached hydrogens (tertiary/aromatic N) is 2. The van der Waals surface area contributed by atoms with Crippen LogP contribution in [0.1, 0.15) is 23.1 Å². The van der Waals surface area contributed by atoms with Crippen LogP contribution in [0.4, 0.5) is 15.8 Å². The number of rotatable bonds is 4. The molecule has 0 atom stereocenters. The molecule has 28 heavy (non-hydrogen) atoms. The van der Waals surface area contributed by atoms with Crippen molar-refractivity contribution in [3.8, 4) is 0 Å². The Hall–Kier alpha value is -2.89. The van der Waals surface area contributed by atoms with E-state index >= 15 is 0 Å². The summed E-state index contributed by atoms with van der Waals surface area (Å²) in [6.07, 6.45) is -0.163. The molecule has 0 bridgehead atoms. The number of aryl methyl sites for hydroxylation is 3. The fraction of sp³-hybridized carbons (Fsp3) is 0.364. The number of carbonyl (C=O) groups excluding carboxylic acids is 2. The molecule has 0 aromatic heterocycles. The average Bonchev–Trinajstić information content (AvgIpc) is 2.65. The highest BCUT2D eigenvalue weighted by Gasteiger charge is 2.23. The monoisotopic (exact) mass is 383 g/mol. The summed E-state index contributed by atoms with van der Waals surface area (Å²) in [6, 6.07) is 10.4.